The van der Waals surface area contributed by atoms with Crippen molar-refractivity contribution in [1.82, 2.24) is 19.2 Å². The topological polar surface area (TPSA) is 70.7 Å². The van der Waals surface area contributed by atoms with Crippen LogP contribution in [0.4, 0.5) is 0 Å². The van der Waals surface area contributed by atoms with E-state index in [2.05, 4.69) is 33.8 Å². The molecular formula is C27H24N4O3S. The summed E-state index contributed by atoms with van der Waals surface area (Å²) in [6.45, 7) is 7.03. The van der Waals surface area contributed by atoms with Gasteiger partial charge in [0.2, 0.25) is 6.79 Å². The Balaban J connectivity index is 1.24. The SMILES string of the molecule is Cc1cc2nnc(SCC(=O)c3cc(C)n(Cc4ccc5c(c4)OCO5)c3C)n2c2ccccc12. The molecule has 0 amide bonds. The second kappa shape index (κ2) is 8.46. The predicted molar refractivity (Wildman–Crippen MR) is 136 cm³/mol. The van der Waals surface area contributed by atoms with E-state index in [1.54, 1.807) is 0 Å². The molecule has 0 bridgehead atoms. The van der Waals surface area contributed by atoms with E-state index in [4.69, 9.17) is 9.47 Å². The number of pyridine rings is 1. The molecule has 0 fully saturated rings. The summed E-state index contributed by atoms with van der Waals surface area (Å²) in [5.41, 5.74) is 6.83. The van der Waals surface area contributed by atoms with Crippen molar-refractivity contribution in [3.63, 3.8) is 0 Å². The molecule has 0 unspecified atom stereocenters. The summed E-state index contributed by atoms with van der Waals surface area (Å²) in [6, 6.07) is 18.2. The molecule has 6 rings (SSSR count). The smallest absolute Gasteiger partial charge is 0.231 e. The molecule has 176 valence electrons. The van der Waals surface area contributed by atoms with E-state index in [-0.39, 0.29) is 18.3 Å². The van der Waals surface area contributed by atoms with Crippen LogP contribution in [0.2, 0.25) is 0 Å². The highest BCUT2D eigenvalue weighted by Gasteiger charge is 2.19. The fraction of sp³-hybridized carbons (Fsp3) is 0.222. The molecule has 35 heavy (non-hydrogen) atoms. The van der Waals surface area contributed by atoms with Gasteiger partial charge in [-0.2, -0.15) is 0 Å². The molecule has 3 aromatic heterocycles. The number of fused-ring (bicyclic) bond motifs is 4. The van der Waals surface area contributed by atoms with Gasteiger partial charge in [0.25, 0.3) is 0 Å². The Morgan fingerprint density at radius 1 is 1.00 bits per heavy atom. The van der Waals surface area contributed by atoms with Crippen molar-refractivity contribution in [1.29, 1.82) is 0 Å². The van der Waals surface area contributed by atoms with Crippen molar-refractivity contribution in [2.45, 2.75) is 32.5 Å². The molecule has 0 saturated heterocycles. The van der Waals surface area contributed by atoms with Gasteiger partial charge in [-0.1, -0.05) is 36.0 Å². The fourth-order valence-electron chi connectivity index (χ4n) is 4.72. The number of rotatable bonds is 6. The minimum absolute atomic E-state index is 0.0770. The molecule has 2 aromatic carbocycles. The zero-order valence-corrected chi connectivity index (χ0v) is 20.6. The molecule has 0 N–H and O–H groups in total. The van der Waals surface area contributed by atoms with E-state index >= 15 is 0 Å². The van der Waals surface area contributed by atoms with Gasteiger partial charge in [-0.05, 0) is 62.2 Å². The summed E-state index contributed by atoms with van der Waals surface area (Å²) in [4.78, 5) is 13.3. The van der Waals surface area contributed by atoms with Crippen LogP contribution in [-0.2, 0) is 6.54 Å². The number of benzene rings is 2. The van der Waals surface area contributed by atoms with Gasteiger partial charge >= 0.3 is 0 Å². The van der Waals surface area contributed by atoms with E-state index in [1.165, 1.54) is 11.8 Å². The first kappa shape index (κ1) is 21.7. The zero-order valence-electron chi connectivity index (χ0n) is 19.7. The summed E-state index contributed by atoms with van der Waals surface area (Å²) in [5, 5.41) is 10.6. The quantitative estimate of drug-likeness (QED) is 0.239. The Morgan fingerprint density at radius 3 is 2.71 bits per heavy atom. The third-order valence-electron chi connectivity index (χ3n) is 6.56. The first-order valence-corrected chi connectivity index (χ1v) is 12.4. The zero-order chi connectivity index (χ0) is 24.1. The standard InChI is InChI=1S/C27H24N4O3S/c1-16-10-26-28-29-27(31(26)22-7-5-4-6-20(16)22)35-14-23(32)21-11-17(2)30(18(21)3)13-19-8-9-24-25(12-19)34-15-33-24/h4-12H,13-15H2,1-3H3. The van der Waals surface area contributed by atoms with Crippen molar-refractivity contribution < 1.29 is 14.3 Å². The number of nitrogens with zero attached hydrogens (tertiary/aromatic N) is 4. The molecule has 7 nitrogen and oxygen atoms in total. The number of thioether (sulfide) groups is 1. The third-order valence-corrected chi connectivity index (χ3v) is 7.49. The van der Waals surface area contributed by atoms with Gasteiger partial charge in [-0.25, -0.2) is 0 Å². The lowest BCUT2D eigenvalue weighted by molar-refractivity contribution is 0.102. The molecule has 4 heterocycles. The van der Waals surface area contributed by atoms with Gasteiger partial charge in [0.15, 0.2) is 28.1 Å². The average Bonchev–Trinajstić information content (AvgIpc) is 3.56. The Bertz CT molecular complexity index is 1620. The van der Waals surface area contributed by atoms with Crippen molar-refractivity contribution in [2.24, 2.45) is 0 Å². The molecule has 5 aromatic rings. The summed E-state index contributed by atoms with van der Waals surface area (Å²) >= 11 is 1.42. The van der Waals surface area contributed by atoms with Crippen LogP contribution in [0.3, 0.4) is 0 Å². The molecule has 0 saturated carbocycles. The Kier molecular flexibility index (Phi) is 5.25. The monoisotopic (exact) mass is 484 g/mol. The number of carbonyl (C=O) groups is 1. The van der Waals surface area contributed by atoms with Gasteiger partial charge in [0, 0.05) is 28.9 Å². The van der Waals surface area contributed by atoms with Crippen LogP contribution in [-0.4, -0.2) is 37.5 Å². The number of aryl methyl sites for hydroxylation is 2. The third kappa shape index (κ3) is 3.74. The van der Waals surface area contributed by atoms with E-state index in [1.807, 2.05) is 60.7 Å². The summed E-state index contributed by atoms with van der Waals surface area (Å²) in [6.07, 6.45) is 0. The van der Waals surface area contributed by atoms with Gasteiger partial charge in [0.05, 0.1) is 11.3 Å². The minimum atomic E-state index is 0.0770. The number of hydrogen-bond acceptors (Lipinski definition) is 6. The summed E-state index contributed by atoms with van der Waals surface area (Å²) < 4.78 is 15.1. The lowest BCUT2D eigenvalue weighted by Crippen LogP contribution is -2.08. The van der Waals surface area contributed by atoms with Crippen molar-refractivity contribution in [2.75, 3.05) is 12.5 Å². The highest BCUT2D eigenvalue weighted by Crippen LogP contribution is 2.33. The van der Waals surface area contributed by atoms with Crippen LogP contribution in [0.1, 0.15) is 32.9 Å². The maximum atomic E-state index is 13.3. The van der Waals surface area contributed by atoms with Crippen LogP contribution >= 0.6 is 11.8 Å². The molecule has 1 aliphatic rings. The maximum Gasteiger partial charge on any atom is 0.231 e. The van der Waals surface area contributed by atoms with Gasteiger partial charge in [-0.15, -0.1) is 10.2 Å². The predicted octanol–water partition coefficient (Wildman–Crippen LogP) is 5.36. The molecule has 8 heteroatoms. The van der Waals surface area contributed by atoms with Gasteiger partial charge in [0.1, 0.15) is 0 Å². The Labute approximate surface area is 206 Å². The Morgan fingerprint density at radius 2 is 1.83 bits per heavy atom. The Hall–Kier alpha value is -3.78. The first-order valence-electron chi connectivity index (χ1n) is 11.4. The molecule has 0 spiro atoms. The minimum Gasteiger partial charge on any atom is -0.454 e. The largest absolute Gasteiger partial charge is 0.454 e. The summed E-state index contributed by atoms with van der Waals surface area (Å²) in [5.74, 6) is 1.90. The fourth-order valence-corrected chi connectivity index (χ4v) is 5.56. The van der Waals surface area contributed by atoms with Crippen molar-refractivity contribution in [3.8, 4) is 11.5 Å². The molecule has 0 atom stereocenters. The first-order chi connectivity index (χ1) is 17.0. The second-order valence-corrected chi connectivity index (χ2v) is 9.73. The average molecular weight is 485 g/mol. The highest BCUT2D eigenvalue weighted by molar-refractivity contribution is 7.99. The van der Waals surface area contributed by atoms with Crippen molar-refractivity contribution >= 4 is 34.1 Å². The highest BCUT2D eigenvalue weighted by atomic mass is 32.2. The number of Topliss-reactive ketones (excluding diaryl/α,β-unsaturated/α-hetero) is 1. The van der Waals surface area contributed by atoms with E-state index in [0.29, 0.717) is 6.54 Å². The lowest BCUT2D eigenvalue weighted by atomic mass is 10.1. The van der Waals surface area contributed by atoms with Gasteiger partial charge in [-0.3, -0.25) is 9.20 Å². The number of carbonyl (C=O) groups excluding carboxylic acids is 1. The molecule has 0 radical (unpaired) electrons. The normalized spacial score (nSPS) is 12.7. The van der Waals surface area contributed by atoms with Crippen LogP contribution in [0, 0.1) is 20.8 Å². The summed E-state index contributed by atoms with van der Waals surface area (Å²) in [7, 11) is 0. The maximum absolute atomic E-state index is 13.3. The lowest BCUT2D eigenvalue weighted by Gasteiger charge is -2.11. The van der Waals surface area contributed by atoms with E-state index < -0.39 is 0 Å². The molecular weight excluding hydrogens is 460 g/mol. The number of aromatic nitrogens is 4. The second-order valence-electron chi connectivity index (χ2n) is 8.79. The van der Waals surface area contributed by atoms with Gasteiger partial charge < -0.3 is 14.0 Å². The number of ether oxygens (including phenoxy) is 2. The van der Waals surface area contributed by atoms with Crippen LogP contribution in [0.15, 0.2) is 59.8 Å². The van der Waals surface area contributed by atoms with Crippen LogP contribution < -0.4 is 9.47 Å². The number of ketones is 1. The number of hydrogen-bond donors (Lipinski definition) is 0. The molecule has 0 aliphatic carbocycles. The molecule has 1 aliphatic heterocycles. The van der Waals surface area contributed by atoms with E-state index in [9.17, 15) is 4.79 Å². The van der Waals surface area contributed by atoms with Crippen molar-refractivity contribution in [3.05, 3.63) is 82.7 Å². The van der Waals surface area contributed by atoms with Crippen LogP contribution in [0.5, 0.6) is 11.5 Å². The van der Waals surface area contributed by atoms with Crippen LogP contribution in [0.25, 0.3) is 16.6 Å². The number of para-hydroxylation sites is 1. The van der Waals surface area contributed by atoms with E-state index in [0.717, 1.165) is 61.3 Å².